The van der Waals surface area contributed by atoms with Crippen molar-refractivity contribution in [1.82, 2.24) is 9.21 Å². The number of sulfonamides is 1. The second-order valence-corrected chi connectivity index (χ2v) is 8.52. The Kier molecular flexibility index (Phi) is 6.61. The number of piperazine rings is 1. The van der Waals surface area contributed by atoms with Crippen LogP contribution < -0.4 is 4.74 Å². The van der Waals surface area contributed by atoms with Gasteiger partial charge in [0.05, 0.1) is 4.90 Å². The number of ether oxygens (including phenoxy) is 1. The van der Waals surface area contributed by atoms with Crippen LogP contribution in [0.5, 0.6) is 5.75 Å². The number of hydrogen-bond donors (Lipinski definition) is 1. The normalized spacial score (nSPS) is 17.4. The number of benzene rings is 2. The van der Waals surface area contributed by atoms with Crippen LogP contribution in [0.4, 0.5) is 8.78 Å². The number of aliphatic hydroxyl groups excluding tert-OH is 1. The Morgan fingerprint density at radius 3 is 2.04 bits per heavy atom. The van der Waals surface area contributed by atoms with Gasteiger partial charge in [0.25, 0.3) is 0 Å². The highest BCUT2D eigenvalue weighted by Gasteiger charge is 2.29. The van der Waals surface area contributed by atoms with Crippen molar-refractivity contribution in [2.45, 2.75) is 11.0 Å². The van der Waals surface area contributed by atoms with Gasteiger partial charge in [-0.05, 0) is 48.5 Å². The van der Waals surface area contributed by atoms with Crippen LogP contribution in [-0.4, -0.2) is 68.2 Å². The summed E-state index contributed by atoms with van der Waals surface area (Å²) in [4.78, 5) is 2.02. The van der Waals surface area contributed by atoms with Gasteiger partial charge in [0, 0.05) is 32.7 Å². The fraction of sp³-hybridized carbons (Fsp3) is 0.368. The molecule has 1 unspecified atom stereocenters. The van der Waals surface area contributed by atoms with Crippen molar-refractivity contribution in [2.75, 3.05) is 39.3 Å². The fourth-order valence-corrected chi connectivity index (χ4v) is 4.40. The molecule has 152 valence electrons. The van der Waals surface area contributed by atoms with E-state index in [1.807, 2.05) is 4.90 Å². The van der Waals surface area contributed by atoms with Gasteiger partial charge in [0.2, 0.25) is 10.0 Å². The Labute approximate surface area is 163 Å². The smallest absolute Gasteiger partial charge is 0.243 e. The number of rotatable bonds is 7. The van der Waals surface area contributed by atoms with Crippen molar-refractivity contribution in [3.8, 4) is 5.75 Å². The largest absolute Gasteiger partial charge is 0.491 e. The van der Waals surface area contributed by atoms with Gasteiger partial charge in [-0.15, -0.1) is 0 Å². The molecule has 0 radical (unpaired) electrons. The molecule has 0 aliphatic carbocycles. The van der Waals surface area contributed by atoms with Crippen molar-refractivity contribution in [3.63, 3.8) is 0 Å². The third kappa shape index (κ3) is 5.26. The molecule has 1 fully saturated rings. The molecule has 0 spiro atoms. The van der Waals surface area contributed by atoms with Crippen molar-refractivity contribution >= 4 is 10.0 Å². The number of nitrogens with zero attached hydrogens (tertiary/aromatic N) is 2. The van der Waals surface area contributed by atoms with E-state index in [-0.39, 0.29) is 30.4 Å². The van der Waals surface area contributed by atoms with Crippen LogP contribution in [0.15, 0.2) is 53.4 Å². The molecule has 1 N–H and O–H groups in total. The molecule has 28 heavy (non-hydrogen) atoms. The summed E-state index contributed by atoms with van der Waals surface area (Å²) in [6.07, 6.45) is -0.759. The zero-order chi connectivity index (χ0) is 20.1. The highest BCUT2D eigenvalue weighted by molar-refractivity contribution is 7.89. The Hall–Kier alpha value is -2.07. The predicted molar refractivity (Wildman–Crippen MR) is 99.5 cm³/mol. The lowest BCUT2D eigenvalue weighted by Crippen LogP contribution is -2.50. The number of aliphatic hydroxyl groups is 1. The summed E-state index contributed by atoms with van der Waals surface area (Å²) in [5.41, 5.74) is 0. The molecule has 2 aromatic rings. The third-order valence-corrected chi connectivity index (χ3v) is 6.42. The maximum atomic E-state index is 13.0. The summed E-state index contributed by atoms with van der Waals surface area (Å²) in [6.45, 7) is 1.89. The Bertz CT molecular complexity index is 868. The summed E-state index contributed by atoms with van der Waals surface area (Å²) in [5.74, 6) is -0.377. The minimum Gasteiger partial charge on any atom is -0.491 e. The summed E-state index contributed by atoms with van der Waals surface area (Å²) in [5, 5.41) is 10.1. The van der Waals surface area contributed by atoms with E-state index in [1.165, 1.54) is 40.7 Å². The first-order valence-corrected chi connectivity index (χ1v) is 10.3. The SMILES string of the molecule is O=S(=O)(c1ccc(F)cc1)N1CCN(CC(O)COc2ccc(F)cc2)CC1. The molecule has 1 aliphatic rings. The molecule has 9 heteroatoms. The van der Waals surface area contributed by atoms with Gasteiger partial charge in [-0.1, -0.05) is 0 Å². The number of hydrogen-bond acceptors (Lipinski definition) is 5. The standard InChI is InChI=1S/C19H22F2N2O4S/c20-15-1-5-18(6-2-15)27-14-17(24)13-22-9-11-23(12-10-22)28(25,26)19-7-3-16(21)4-8-19/h1-8,17,24H,9-14H2. The van der Waals surface area contributed by atoms with Gasteiger partial charge >= 0.3 is 0 Å². The van der Waals surface area contributed by atoms with E-state index >= 15 is 0 Å². The second kappa shape index (κ2) is 8.95. The first-order chi connectivity index (χ1) is 13.3. The molecule has 6 nitrogen and oxygen atoms in total. The molecule has 3 rings (SSSR count). The van der Waals surface area contributed by atoms with Gasteiger partial charge in [-0.25, -0.2) is 17.2 Å². The summed E-state index contributed by atoms with van der Waals surface area (Å²) >= 11 is 0. The van der Waals surface area contributed by atoms with E-state index in [2.05, 4.69) is 0 Å². The van der Waals surface area contributed by atoms with Gasteiger partial charge in [0.1, 0.15) is 30.1 Å². The van der Waals surface area contributed by atoms with Gasteiger partial charge < -0.3 is 9.84 Å². The molecule has 1 saturated heterocycles. The van der Waals surface area contributed by atoms with Crippen molar-refractivity contribution in [3.05, 3.63) is 60.2 Å². The molecular formula is C19H22F2N2O4S. The Morgan fingerprint density at radius 2 is 1.46 bits per heavy atom. The second-order valence-electron chi connectivity index (χ2n) is 6.58. The molecular weight excluding hydrogens is 390 g/mol. The van der Waals surface area contributed by atoms with Crippen LogP contribution >= 0.6 is 0 Å². The number of halogens is 2. The van der Waals surface area contributed by atoms with Crippen molar-refractivity contribution in [1.29, 1.82) is 0 Å². The van der Waals surface area contributed by atoms with Crippen LogP contribution in [0.3, 0.4) is 0 Å². The van der Waals surface area contributed by atoms with Crippen LogP contribution in [0, 0.1) is 11.6 Å². The lowest BCUT2D eigenvalue weighted by atomic mass is 10.3. The molecule has 0 aromatic heterocycles. The molecule has 1 aliphatic heterocycles. The predicted octanol–water partition coefficient (Wildman–Crippen LogP) is 1.71. The molecule has 0 amide bonds. The van der Waals surface area contributed by atoms with Crippen LogP contribution in [0.2, 0.25) is 0 Å². The average molecular weight is 412 g/mol. The zero-order valence-electron chi connectivity index (χ0n) is 15.2. The topological polar surface area (TPSA) is 70.1 Å². The minimum absolute atomic E-state index is 0.0553. The zero-order valence-corrected chi connectivity index (χ0v) is 16.0. The van der Waals surface area contributed by atoms with Crippen molar-refractivity contribution in [2.24, 2.45) is 0 Å². The van der Waals surface area contributed by atoms with Gasteiger partial charge in [0.15, 0.2) is 0 Å². The average Bonchev–Trinajstić information content (AvgIpc) is 2.68. The summed E-state index contributed by atoms with van der Waals surface area (Å²) in [6, 6.07) is 10.3. The fourth-order valence-electron chi connectivity index (χ4n) is 2.98. The highest BCUT2D eigenvalue weighted by atomic mass is 32.2. The first kappa shape index (κ1) is 20.7. The highest BCUT2D eigenvalue weighted by Crippen LogP contribution is 2.18. The van der Waals surface area contributed by atoms with E-state index in [9.17, 15) is 22.3 Å². The first-order valence-electron chi connectivity index (χ1n) is 8.89. The lowest BCUT2D eigenvalue weighted by Gasteiger charge is -2.34. The monoisotopic (exact) mass is 412 g/mol. The molecule has 2 aromatic carbocycles. The van der Waals surface area contributed by atoms with E-state index in [4.69, 9.17) is 4.74 Å². The molecule has 0 saturated carbocycles. The molecule has 0 bridgehead atoms. The maximum Gasteiger partial charge on any atom is 0.243 e. The molecule has 1 atom stereocenters. The summed E-state index contributed by atoms with van der Waals surface area (Å²) in [7, 11) is -3.66. The van der Waals surface area contributed by atoms with E-state index in [1.54, 1.807) is 0 Å². The van der Waals surface area contributed by atoms with Crippen LogP contribution in [0.25, 0.3) is 0 Å². The van der Waals surface area contributed by atoms with Crippen LogP contribution in [-0.2, 0) is 10.0 Å². The van der Waals surface area contributed by atoms with E-state index in [0.29, 0.717) is 25.4 Å². The Balaban J connectivity index is 1.46. The van der Waals surface area contributed by atoms with E-state index in [0.717, 1.165) is 12.1 Å². The molecule has 1 heterocycles. The van der Waals surface area contributed by atoms with Crippen LogP contribution in [0.1, 0.15) is 0 Å². The number of β-amino-alcohol motifs (C(OH)–C–C–N with tert-alkyl or cyclic N) is 1. The maximum absolute atomic E-state index is 13.0. The van der Waals surface area contributed by atoms with Crippen molar-refractivity contribution < 1.29 is 27.0 Å². The Morgan fingerprint density at radius 1 is 0.929 bits per heavy atom. The minimum atomic E-state index is -3.66. The quantitative estimate of drug-likeness (QED) is 0.750. The third-order valence-electron chi connectivity index (χ3n) is 4.51. The van der Waals surface area contributed by atoms with Gasteiger partial charge in [-0.3, -0.25) is 4.90 Å². The van der Waals surface area contributed by atoms with E-state index < -0.39 is 21.9 Å². The lowest BCUT2D eigenvalue weighted by molar-refractivity contribution is 0.0569. The summed E-state index contributed by atoms with van der Waals surface area (Å²) < 4.78 is 57.9. The van der Waals surface area contributed by atoms with Gasteiger partial charge in [-0.2, -0.15) is 4.31 Å².